The fourth-order valence-electron chi connectivity index (χ4n) is 6.02. The molecule has 1 aliphatic heterocycles. The SMILES string of the molecule is CC1(C)Oc2cc(C3(CCCCN=C=S)CCC3)cc(O)c2[C@@H]2C[C@H](O)CC[C@H]21. The Morgan fingerprint density at radius 3 is 2.72 bits per heavy atom. The quantitative estimate of drug-likeness (QED) is 0.366. The van der Waals surface area contributed by atoms with Crippen molar-refractivity contribution in [3.8, 4) is 11.5 Å². The fraction of sp³-hybridized carbons (Fsp3) is 0.708. The van der Waals surface area contributed by atoms with Gasteiger partial charge in [0.15, 0.2) is 0 Å². The van der Waals surface area contributed by atoms with Crippen molar-refractivity contribution in [3.63, 3.8) is 0 Å². The molecule has 29 heavy (non-hydrogen) atoms. The lowest BCUT2D eigenvalue weighted by atomic mass is 9.61. The highest BCUT2D eigenvalue weighted by Gasteiger charge is 2.48. The van der Waals surface area contributed by atoms with Gasteiger partial charge in [-0.05, 0) is 94.1 Å². The maximum Gasteiger partial charge on any atom is 0.127 e. The number of aliphatic hydroxyl groups is 1. The third kappa shape index (κ3) is 3.85. The number of thiocarbonyl (C=S) groups is 1. The largest absolute Gasteiger partial charge is 0.508 e. The van der Waals surface area contributed by atoms with Crippen molar-refractivity contribution in [2.75, 3.05) is 6.54 Å². The first kappa shape index (κ1) is 20.8. The van der Waals surface area contributed by atoms with E-state index in [4.69, 9.17) is 4.74 Å². The molecule has 2 aliphatic carbocycles. The van der Waals surface area contributed by atoms with E-state index in [2.05, 4.69) is 42.3 Å². The summed E-state index contributed by atoms with van der Waals surface area (Å²) in [7, 11) is 0. The molecule has 3 atom stereocenters. The molecule has 0 aromatic heterocycles. The molecule has 0 saturated heterocycles. The van der Waals surface area contributed by atoms with Gasteiger partial charge in [0.05, 0.1) is 11.3 Å². The number of phenols is 1. The second kappa shape index (κ2) is 8.02. The lowest BCUT2D eigenvalue weighted by molar-refractivity contribution is -0.0318. The molecule has 4 nitrogen and oxygen atoms in total. The van der Waals surface area contributed by atoms with Crippen LogP contribution in [0.2, 0.25) is 0 Å². The number of isothiocyanates is 1. The highest BCUT2D eigenvalue weighted by Crippen LogP contribution is 2.57. The number of rotatable bonds is 6. The molecule has 0 amide bonds. The topological polar surface area (TPSA) is 62.0 Å². The molecule has 5 heteroatoms. The first-order valence-corrected chi connectivity index (χ1v) is 11.6. The van der Waals surface area contributed by atoms with E-state index in [9.17, 15) is 10.2 Å². The van der Waals surface area contributed by atoms with Gasteiger partial charge in [-0.25, -0.2) is 4.99 Å². The summed E-state index contributed by atoms with van der Waals surface area (Å²) in [6.07, 6.45) is 8.96. The maximum atomic E-state index is 11.1. The first-order valence-electron chi connectivity index (χ1n) is 11.1. The minimum atomic E-state index is -0.287. The van der Waals surface area contributed by atoms with E-state index in [0.29, 0.717) is 18.1 Å². The summed E-state index contributed by atoms with van der Waals surface area (Å²) in [6, 6.07) is 4.19. The summed E-state index contributed by atoms with van der Waals surface area (Å²) in [5.74, 6) is 1.68. The molecule has 1 heterocycles. The van der Waals surface area contributed by atoms with Crippen molar-refractivity contribution in [2.24, 2.45) is 10.9 Å². The zero-order valence-electron chi connectivity index (χ0n) is 17.6. The van der Waals surface area contributed by atoms with E-state index in [-0.39, 0.29) is 23.0 Å². The minimum absolute atomic E-state index is 0.143. The van der Waals surface area contributed by atoms with Gasteiger partial charge < -0.3 is 14.9 Å². The van der Waals surface area contributed by atoms with Gasteiger partial charge in [0.1, 0.15) is 17.1 Å². The lowest BCUT2D eigenvalue weighted by Crippen LogP contribution is -2.47. The van der Waals surface area contributed by atoms with Crippen LogP contribution in [0.3, 0.4) is 0 Å². The Labute approximate surface area is 179 Å². The Bertz CT molecular complexity index is 811. The molecule has 4 rings (SSSR count). The third-order valence-corrected chi connectivity index (χ3v) is 7.87. The Morgan fingerprint density at radius 1 is 1.24 bits per heavy atom. The van der Waals surface area contributed by atoms with Gasteiger partial charge >= 0.3 is 0 Å². The van der Waals surface area contributed by atoms with Crippen molar-refractivity contribution in [2.45, 2.75) is 94.7 Å². The zero-order valence-corrected chi connectivity index (χ0v) is 18.4. The number of ether oxygens (including phenoxy) is 1. The number of nitrogens with zero attached hydrogens (tertiary/aromatic N) is 1. The maximum absolute atomic E-state index is 11.1. The van der Waals surface area contributed by atoms with Crippen LogP contribution in [0.1, 0.15) is 88.7 Å². The molecular weight excluding hydrogens is 382 g/mol. The van der Waals surface area contributed by atoms with Crippen LogP contribution in [0.5, 0.6) is 11.5 Å². The first-order chi connectivity index (χ1) is 13.9. The minimum Gasteiger partial charge on any atom is -0.508 e. The monoisotopic (exact) mass is 415 g/mol. The highest BCUT2D eigenvalue weighted by atomic mass is 32.1. The van der Waals surface area contributed by atoms with Gasteiger partial charge in [0.2, 0.25) is 0 Å². The fourth-order valence-corrected chi connectivity index (χ4v) is 6.11. The molecule has 158 valence electrons. The summed E-state index contributed by atoms with van der Waals surface area (Å²) in [5.41, 5.74) is 1.99. The molecule has 0 radical (unpaired) electrons. The van der Waals surface area contributed by atoms with E-state index >= 15 is 0 Å². The zero-order chi connectivity index (χ0) is 20.6. The smallest absolute Gasteiger partial charge is 0.127 e. The summed E-state index contributed by atoms with van der Waals surface area (Å²) in [6.45, 7) is 5.06. The van der Waals surface area contributed by atoms with Crippen molar-refractivity contribution in [3.05, 3.63) is 23.3 Å². The average molecular weight is 416 g/mol. The molecule has 2 fully saturated rings. The van der Waals surface area contributed by atoms with Crippen molar-refractivity contribution >= 4 is 17.4 Å². The average Bonchev–Trinajstić information content (AvgIpc) is 2.62. The van der Waals surface area contributed by atoms with Crippen LogP contribution in [-0.4, -0.2) is 33.6 Å². The number of aromatic hydroxyl groups is 1. The predicted molar refractivity (Wildman–Crippen MR) is 118 cm³/mol. The number of hydrogen-bond acceptors (Lipinski definition) is 5. The Kier molecular flexibility index (Phi) is 5.76. The highest BCUT2D eigenvalue weighted by molar-refractivity contribution is 7.78. The molecule has 0 spiro atoms. The van der Waals surface area contributed by atoms with Crippen LogP contribution in [0.25, 0.3) is 0 Å². The molecule has 3 aliphatic rings. The number of hydrogen-bond donors (Lipinski definition) is 2. The molecule has 1 aromatic carbocycles. The summed E-state index contributed by atoms with van der Waals surface area (Å²) in [5, 5.41) is 23.8. The predicted octanol–water partition coefficient (Wildman–Crippen LogP) is 5.50. The number of aliphatic imine (C=N–C) groups is 1. The number of benzene rings is 1. The number of unbranched alkanes of at least 4 members (excludes halogenated alkanes) is 1. The van der Waals surface area contributed by atoms with Gasteiger partial charge in [-0.1, -0.05) is 12.8 Å². The molecule has 2 saturated carbocycles. The summed E-state index contributed by atoms with van der Waals surface area (Å²) in [4.78, 5) is 4.02. The van der Waals surface area contributed by atoms with Gasteiger partial charge in [0.25, 0.3) is 0 Å². The Balaban J connectivity index is 1.63. The molecule has 2 N–H and O–H groups in total. The second-order valence-electron chi connectivity index (χ2n) is 9.86. The molecule has 1 aromatic rings. The van der Waals surface area contributed by atoms with E-state index in [1.54, 1.807) is 0 Å². The van der Waals surface area contributed by atoms with Crippen LogP contribution in [0.4, 0.5) is 0 Å². The van der Waals surface area contributed by atoms with E-state index < -0.39 is 0 Å². The van der Waals surface area contributed by atoms with Gasteiger partial charge in [0, 0.05) is 23.9 Å². The van der Waals surface area contributed by atoms with Gasteiger partial charge in [-0.15, -0.1) is 0 Å². The van der Waals surface area contributed by atoms with E-state index in [0.717, 1.165) is 62.8 Å². The van der Waals surface area contributed by atoms with Gasteiger partial charge in [-0.2, -0.15) is 0 Å². The Morgan fingerprint density at radius 2 is 2.03 bits per heavy atom. The van der Waals surface area contributed by atoms with Crippen molar-refractivity contribution in [1.82, 2.24) is 0 Å². The normalized spacial score (nSPS) is 28.9. The van der Waals surface area contributed by atoms with Crippen molar-refractivity contribution in [1.29, 1.82) is 0 Å². The standard InChI is InChI=1S/C24H33NO3S/c1-23(2)19-7-6-17(26)14-18(19)22-20(27)12-16(13-21(22)28-23)24(9-5-10-24)8-3-4-11-25-15-29/h12-13,17-19,26-27H,3-11,14H2,1-2H3/t17-,18-,19-/m1/s1. The Hall–Kier alpha value is -1.42. The van der Waals surface area contributed by atoms with Crippen LogP contribution in [0, 0.1) is 5.92 Å². The second-order valence-corrected chi connectivity index (χ2v) is 10.0. The number of phenolic OH excluding ortho intramolecular Hbond substituents is 1. The van der Waals surface area contributed by atoms with Crippen LogP contribution in [-0.2, 0) is 5.41 Å². The molecular formula is C24H33NO3S. The molecule has 0 unspecified atom stereocenters. The number of aliphatic hydroxyl groups excluding tert-OH is 1. The summed E-state index contributed by atoms with van der Waals surface area (Å²) < 4.78 is 6.49. The van der Waals surface area contributed by atoms with E-state index in [1.165, 1.54) is 12.0 Å². The van der Waals surface area contributed by atoms with Crippen LogP contribution in [0.15, 0.2) is 17.1 Å². The van der Waals surface area contributed by atoms with Crippen LogP contribution < -0.4 is 4.74 Å². The van der Waals surface area contributed by atoms with Crippen LogP contribution >= 0.6 is 12.2 Å². The number of fused-ring (bicyclic) bond motifs is 3. The van der Waals surface area contributed by atoms with Gasteiger partial charge in [-0.3, -0.25) is 0 Å². The lowest BCUT2D eigenvalue weighted by Gasteiger charge is -2.49. The van der Waals surface area contributed by atoms with Crippen molar-refractivity contribution < 1.29 is 14.9 Å². The van der Waals surface area contributed by atoms with E-state index in [1.807, 2.05) is 6.07 Å². The third-order valence-electron chi connectivity index (χ3n) is 7.74. The summed E-state index contributed by atoms with van der Waals surface area (Å²) >= 11 is 4.65. The molecule has 0 bridgehead atoms.